The van der Waals surface area contributed by atoms with Crippen LogP contribution in [-0.4, -0.2) is 0 Å². The summed E-state index contributed by atoms with van der Waals surface area (Å²) in [6, 6.07) is 4.93. The molecule has 1 heterocycles. The van der Waals surface area contributed by atoms with Gasteiger partial charge < -0.3 is 5.32 Å². The first kappa shape index (κ1) is 13.0. The van der Waals surface area contributed by atoms with Gasteiger partial charge in [0.2, 0.25) is 0 Å². The number of benzene rings is 1. The van der Waals surface area contributed by atoms with E-state index in [9.17, 15) is 13.2 Å². The molecular formula is C13H12F3NS. The minimum absolute atomic E-state index is 0.238. The van der Waals surface area contributed by atoms with E-state index in [1.54, 1.807) is 18.3 Å². The molecule has 2 rings (SSSR count). The minimum atomic E-state index is -0.923. The van der Waals surface area contributed by atoms with Crippen LogP contribution in [0.3, 0.4) is 0 Å². The van der Waals surface area contributed by atoms with Gasteiger partial charge in [0.1, 0.15) is 11.5 Å². The van der Waals surface area contributed by atoms with Crippen molar-refractivity contribution in [3.05, 3.63) is 51.5 Å². The van der Waals surface area contributed by atoms with Crippen molar-refractivity contribution in [2.24, 2.45) is 0 Å². The maximum atomic E-state index is 13.5. The van der Waals surface area contributed by atoms with E-state index in [0.29, 0.717) is 12.1 Å². The smallest absolute Gasteiger partial charge is 0.152 e. The molecule has 0 saturated carbocycles. The summed E-state index contributed by atoms with van der Waals surface area (Å²) in [5.41, 5.74) is -0.296. The van der Waals surface area contributed by atoms with Gasteiger partial charge in [-0.2, -0.15) is 0 Å². The van der Waals surface area contributed by atoms with Gasteiger partial charge in [0.25, 0.3) is 0 Å². The molecule has 1 nitrogen and oxygen atoms in total. The van der Waals surface area contributed by atoms with Crippen LogP contribution in [0.25, 0.3) is 0 Å². The van der Waals surface area contributed by atoms with Crippen LogP contribution in [-0.2, 0) is 0 Å². The molecule has 0 saturated heterocycles. The number of hydrogen-bond donors (Lipinski definition) is 1. The Kier molecular flexibility index (Phi) is 3.61. The quantitative estimate of drug-likeness (QED) is 0.857. The number of rotatable bonds is 3. The second-order valence-electron chi connectivity index (χ2n) is 4.06. The van der Waals surface area contributed by atoms with Gasteiger partial charge in [0.05, 0.1) is 6.04 Å². The van der Waals surface area contributed by atoms with Gasteiger partial charge in [-0.05, 0) is 26.0 Å². The number of hydrogen-bond acceptors (Lipinski definition) is 2. The molecule has 2 aromatic rings. The Morgan fingerprint density at radius 3 is 2.22 bits per heavy atom. The van der Waals surface area contributed by atoms with Gasteiger partial charge in [-0.3, -0.25) is 0 Å². The first-order chi connectivity index (χ1) is 8.47. The van der Waals surface area contributed by atoms with Crippen LogP contribution >= 0.6 is 11.3 Å². The lowest BCUT2D eigenvalue weighted by Crippen LogP contribution is -2.08. The van der Waals surface area contributed by atoms with Crippen LogP contribution in [0.2, 0.25) is 0 Å². The summed E-state index contributed by atoms with van der Waals surface area (Å²) in [4.78, 5) is 2.09. The highest BCUT2D eigenvalue weighted by Crippen LogP contribution is 2.28. The highest BCUT2D eigenvalue weighted by molar-refractivity contribution is 7.12. The van der Waals surface area contributed by atoms with Crippen LogP contribution < -0.4 is 5.32 Å². The highest BCUT2D eigenvalue weighted by atomic mass is 32.1. The van der Waals surface area contributed by atoms with Gasteiger partial charge in [-0.1, -0.05) is 0 Å². The zero-order valence-electron chi connectivity index (χ0n) is 9.93. The summed E-state index contributed by atoms with van der Waals surface area (Å²) in [5, 5.41) is 2.73. The largest absolute Gasteiger partial charge is 0.373 e. The number of thiophene rings is 1. The van der Waals surface area contributed by atoms with Crippen molar-refractivity contribution in [3.63, 3.8) is 0 Å². The van der Waals surface area contributed by atoms with Crippen molar-refractivity contribution in [3.8, 4) is 0 Å². The van der Waals surface area contributed by atoms with E-state index >= 15 is 0 Å². The van der Waals surface area contributed by atoms with Crippen molar-refractivity contribution in [2.75, 3.05) is 5.32 Å². The Hall–Kier alpha value is -1.49. The topological polar surface area (TPSA) is 12.0 Å². The fourth-order valence-corrected chi connectivity index (χ4v) is 2.53. The average molecular weight is 271 g/mol. The van der Waals surface area contributed by atoms with Crippen LogP contribution in [0.1, 0.15) is 22.7 Å². The fourth-order valence-electron chi connectivity index (χ4n) is 1.65. The monoisotopic (exact) mass is 271 g/mol. The first-order valence-corrected chi connectivity index (χ1v) is 6.26. The second kappa shape index (κ2) is 5.02. The molecule has 0 aliphatic heterocycles. The lowest BCUT2D eigenvalue weighted by atomic mass is 10.2. The summed E-state index contributed by atoms with van der Waals surface area (Å²) in [6.07, 6.45) is 0. The highest BCUT2D eigenvalue weighted by Gasteiger charge is 2.15. The number of aryl methyl sites for hydroxylation is 1. The SMILES string of the molecule is Cc1ccc(C(C)Nc2c(F)cc(F)cc2F)s1. The van der Waals surface area contributed by atoms with Crippen molar-refractivity contribution in [1.82, 2.24) is 0 Å². The van der Waals surface area contributed by atoms with Crippen LogP contribution in [0.5, 0.6) is 0 Å². The van der Waals surface area contributed by atoms with Crippen molar-refractivity contribution in [1.29, 1.82) is 0 Å². The lowest BCUT2D eigenvalue weighted by Gasteiger charge is -2.15. The molecule has 0 radical (unpaired) electrons. The maximum absolute atomic E-state index is 13.5. The molecular weight excluding hydrogens is 259 g/mol. The Bertz CT molecular complexity index is 542. The van der Waals surface area contributed by atoms with Crippen molar-refractivity contribution in [2.45, 2.75) is 19.9 Å². The van der Waals surface area contributed by atoms with E-state index in [1.807, 2.05) is 19.1 Å². The Balaban J connectivity index is 2.24. The van der Waals surface area contributed by atoms with Crippen molar-refractivity contribution >= 4 is 17.0 Å². The normalized spacial score (nSPS) is 12.5. The summed E-state index contributed by atoms with van der Waals surface area (Å²) in [7, 11) is 0. The van der Waals surface area contributed by atoms with Crippen LogP contribution in [0.4, 0.5) is 18.9 Å². The molecule has 1 aromatic carbocycles. The molecule has 96 valence electrons. The molecule has 0 aliphatic carbocycles. The molecule has 1 aromatic heterocycles. The molecule has 1 N–H and O–H groups in total. The molecule has 18 heavy (non-hydrogen) atoms. The van der Waals surface area contributed by atoms with Gasteiger partial charge in [-0.25, -0.2) is 13.2 Å². The third kappa shape index (κ3) is 2.67. The van der Waals surface area contributed by atoms with Gasteiger partial charge in [-0.15, -0.1) is 11.3 Å². The Morgan fingerprint density at radius 1 is 1.11 bits per heavy atom. The predicted molar refractivity (Wildman–Crippen MR) is 67.4 cm³/mol. The standard InChI is InChI=1S/C13H12F3NS/c1-7-3-4-12(18-7)8(2)17-13-10(15)5-9(14)6-11(13)16/h3-6,8,17H,1-2H3. The third-order valence-corrected chi connectivity index (χ3v) is 3.74. The molecule has 0 bridgehead atoms. The summed E-state index contributed by atoms with van der Waals surface area (Å²) < 4.78 is 39.7. The molecule has 0 aliphatic rings. The van der Waals surface area contributed by atoms with E-state index < -0.39 is 17.5 Å². The lowest BCUT2D eigenvalue weighted by molar-refractivity contribution is 0.545. The molecule has 0 fully saturated rings. The third-order valence-electron chi connectivity index (χ3n) is 2.56. The Morgan fingerprint density at radius 2 is 1.72 bits per heavy atom. The second-order valence-corrected chi connectivity index (χ2v) is 5.38. The number of anilines is 1. The summed E-state index contributed by atoms with van der Waals surface area (Å²) >= 11 is 1.55. The van der Waals surface area contributed by atoms with Crippen molar-refractivity contribution < 1.29 is 13.2 Å². The molecule has 0 spiro atoms. The van der Waals surface area contributed by atoms with E-state index in [-0.39, 0.29) is 11.7 Å². The number of halogens is 3. The first-order valence-electron chi connectivity index (χ1n) is 5.45. The zero-order chi connectivity index (χ0) is 13.3. The minimum Gasteiger partial charge on any atom is -0.373 e. The van der Waals surface area contributed by atoms with Gasteiger partial charge >= 0.3 is 0 Å². The predicted octanol–water partition coefficient (Wildman–Crippen LogP) is 4.65. The molecule has 1 unspecified atom stereocenters. The van der Waals surface area contributed by atoms with E-state index in [1.165, 1.54) is 0 Å². The fraction of sp³-hybridized carbons (Fsp3) is 0.231. The van der Waals surface area contributed by atoms with E-state index in [2.05, 4.69) is 5.32 Å². The van der Waals surface area contributed by atoms with E-state index in [4.69, 9.17) is 0 Å². The van der Waals surface area contributed by atoms with Gasteiger partial charge in [0, 0.05) is 21.9 Å². The van der Waals surface area contributed by atoms with E-state index in [0.717, 1.165) is 9.75 Å². The molecule has 0 amide bonds. The number of nitrogens with one attached hydrogen (secondary N) is 1. The van der Waals surface area contributed by atoms with Crippen LogP contribution in [0, 0.1) is 24.4 Å². The maximum Gasteiger partial charge on any atom is 0.152 e. The molecule has 5 heteroatoms. The molecule has 1 atom stereocenters. The average Bonchev–Trinajstić information content (AvgIpc) is 2.70. The Labute approximate surface area is 107 Å². The van der Waals surface area contributed by atoms with Gasteiger partial charge in [0.15, 0.2) is 11.6 Å². The summed E-state index contributed by atoms with van der Waals surface area (Å²) in [5.74, 6) is -2.77. The van der Waals surface area contributed by atoms with Crippen LogP contribution in [0.15, 0.2) is 24.3 Å². The summed E-state index contributed by atoms with van der Waals surface area (Å²) in [6.45, 7) is 3.76. The zero-order valence-corrected chi connectivity index (χ0v) is 10.7.